The predicted molar refractivity (Wildman–Crippen MR) is 118 cm³/mol. The molecule has 1 fully saturated rings. The molecule has 0 radical (unpaired) electrons. The Hall–Kier alpha value is -3.30. The number of H-pyrrole nitrogens is 1. The van der Waals surface area contributed by atoms with Gasteiger partial charge in [-0.1, -0.05) is 18.2 Å². The normalized spacial score (nSPS) is 16.4. The van der Waals surface area contributed by atoms with Crippen LogP contribution in [0.5, 0.6) is 0 Å². The van der Waals surface area contributed by atoms with Crippen LogP contribution in [-0.4, -0.2) is 63.2 Å². The molecule has 1 aromatic heterocycles. The van der Waals surface area contributed by atoms with Gasteiger partial charge in [0.2, 0.25) is 5.91 Å². The smallest absolute Gasteiger partial charge is 0.325 e. The third-order valence-electron chi connectivity index (χ3n) is 6.15. The zero-order valence-electron chi connectivity index (χ0n) is 17.7. The molecular formula is C23H25FN6O2. The van der Waals surface area contributed by atoms with Crippen molar-refractivity contribution >= 4 is 11.6 Å². The number of halogens is 1. The largest absolute Gasteiger partial charge is 0.347 e. The molecule has 32 heavy (non-hydrogen) atoms. The topological polar surface area (TPSA) is 86.3 Å². The molecule has 0 spiro atoms. The van der Waals surface area contributed by atoms with Crippen LogP contribution in [-0.2, 0) is 24.2 Å². The van der Waals surface area contributed by atoms with Crippen LogP contribution < -0.4 is 11.0 Å². The summed E-state index contributed by atoms with van der Waals surface area (Å²) in [6, 6.07) is 12.5. The Kier molecular flexibility index (Phi) is 5.59. The summed E-state index contributed by atoms with van der Waals surface area (Å²) in [6.45, 7) is 4.01. The number of benzene rings is 2. The molecule has 0 atom stereocenters. The lowest BCUT2D eigenvalue weighted by atomic mass is 10.0. The van der Waals surface area contributed by atoms with Crippen molar-refractivity contribution in [2.45, 2.75) is 19.4 Å². The Morgan fingerprint density at radius 2 is 1.84 bits per heavy atom. The summed E-state index contributed by atoms with van der Waals surface area (Å²) in [5.41, 5.74) is 3.02. The van der Waals surface area contributed by atoms with Crippen LogP contribution in [0.4, 0.5) is 10.1 Å². The van der Waals surface area contributed by atoms with Crippen molar-refractivity contribution in [1.82, 2.24) is 24.6 Å². The zero-order chi connectivity index (χ0) is 22.1. The molecule has 3 aromatic rings. The van der Waals surface area contributed by atoms with Crippen molar-refractivity contribution in [3.8, 4) is 5.69 Å². The van der Waals surface area contributed by atoms with Crippen molar-refractivity contribution in [2.75, 3.05) is 38.0 Å². The van der Waals surface area contributed by atoms with Crippen molar-refractivity contribution in [1.29, 1.82) is 0 Å². The van der Waals surface area contributed by atoms with Gasteiger partial charge in [-0.2, -0.15) is 5.10 Å². The lowest BCUT2D eigenvalue weighted by molar-refractivity contribution is -0.117. The van der Waals surface area contributed by atoms with E-state index in [1.165, 1.54) is 6.07 Å². The fourth-order valence-corrected chi connectivity index (χ4v) is 4.45. The number of aryl methyl sites for hydroxylation is 2. The van der Waals surface area contributed by atoms with E-state index in [9.17, 15) is 14.0 Å². The van der Waals surface area contributed by atoms with Gasteiger partial charge in [0, 0.05) is 50.4 Å². The number of rotatable bonds is 5. The Morgan fingerprint density at radius 1 is 1.06 bits per heavy atom. The summed E-state index contributed by atoms with van der Waals surface area (Å²) in [5, 5.41) is 9.52. The average Bonchev–Trinajstić information content (AvgIpc) is 3.17. The van der Waals surface area contributed by atoms with Crippen LogP contribution in [0.15, 0.2) is 47.3 Å². The number of hydrogen-bond donors (Lipinski definition) is 2. The van der Waals surface area contributed by atoms with Gasteiger partial charge in [-0.25, -0.2) is 18.9 Å². The second-order valence-electron chi connectivity index (χ2n) is 8.32. The fourth-order valence-electron chi connectivity index (χ4n) is 4.45. The number of amides is 1. The summed E-state index contributed by atoms with van der Waals surface area (Å²) in [7, 11) is 0. The standard InChI is InChI=1S/C23H25FN6O2/c24-19-4-2-1-3-17(19)14-28-9-11-29(12-10-28)15-22(31)25-18-6-7-20-16(13-18)5-8-21-26-27-23(32)30(20)21/h1-4,6-7,13H,5,8-12,14-15H2,(H,25,31)(H,27,32). The van der Waals surface area contributed by atoms with E-state index in [0.29, 0.717) is 25.1 Å². The fraction of sp³-hybridized carbons (Fsp3) is 0.348. The highest BCUT2D eigenvalue weighted by atomic mass is 19.1. The van der Waals surface area contributed by atoms with Gasteiger partial charge in [0.25, 0.3) is 0 Å². The van der Waals surface area contributed by atoms with Gasteiger partial charge < -0.3 is 5.32 Å². The number of carbonyl (C=O) groups is 1. The minimum Gasteiger partial charge on any atom is -0.325 e. The number of carbonyl (C=O) groups excluding carboxylic acids is 1. The number of nitrogens with zero attached hydrogens (tertiary/aromatic N) is 4. The molecule has 0 unspecified atom stereocenters. The summed E-state index contributed by atoms with van der Waals surface area (Å²) in [5.74, 6) is 0.492. The number of anilines is 1. The highest BCUT2D eigenvalue weighted by Gasteiger charge is 2.22. The van der Waals surface area contributed by atoms with Crippen LogP contribution in [0.25, 0.3) is 5.69 Å². The third kappa shape index (κ3) is 4.21. The number of fused-ring (bicyclic) bond motifs is 3. The number of aromatic nitrogens is 3. The molecule has 5 rings (SSSR count). The van der Waals surface area contributed by atoms with Crippen LogP contribution in [0, 0.1) is 5.82 Å². The van der Waals surface area contributed by atoms with E-state index in [1.807, 2.05) is 30.3 Å². The molecule has 0 bridgehead atoms. The number of piperazine rings is 1. The van der Waals surface area contributed by atoms with E-state index in [1.54, 1.807) is 10.6 Å². The molecule has 0 saturated carbocycles. The first-order chi connectivity index (χ1) is 15.6. The van der Waals surface area contributed by atoms with Gasteiger partial charge in [-0.3, -0.25) is 14.6 Å². The summed E-state index contributed by atoms with van der Waals surface area (Å²) in [6.07, 6.45) is 1.45. The van der Waals surface area contributed by atoms with E-state index in [-0.39, 0.29) is 17.4 Å². The maximum Gasteiger partial charge on any atom is 0.347 e. The van der Waals surface area contributed by atoms with Gasteiger partial charge in [0.15, 0.2) is 0 Å². The van der Waals surface area contributed by atoms with Crippen molar-refractivity contribution in [3.05, 3.63) is 75.7 Å². The molecule has 8 nitrogen and oxygen atoms in total. The molecule has 2 aliphatic heterocycles. The molecule has 3 heterocycles. The molecule has 2 N–H and O–H groups in total. The maximum atomic E-state index is 13.9. The van der Waals surface area contributed by atoms with E-state index in [0.717, 1.165) is 55.4 Å². The van der Waals surface area contributed by atoms with Crippen molar-refractivity contribution in [2.24, 2.45) is 0 Å². The lowest BCUT2D eigenvalue weighted by Gasteiger charge is -2.34. The minimum atomic E-state index is -0.244. The van der Waals surface area contributed by atoms with Crippen molar-refractivity contribution < 1.29 is 9.18 Å². The average molecular weight is 436 g/mol. The van der Waals surface area contributed by atoms with E-state index in [4.69, 9.17) is 0 Å². The first-order valence-electron chi connectivity index (χ1n) is 10.8. The first kappa shape index (κ1) is 20.6. The molecular weight excluding hydrogens is 411 g/mol. The van der Waals surface area contributed by atoms with E-state index < -0.39 is 0 Å². The second-order valence-corrected chi connectivity index (χ2v) is 8.32. The minimum absolute atomic E-state index is 0.0653. The molecule has 9 heteroatoms. The second kappa shape index (κ2) is 8.68. The van der Waals surface area contributed by atoms with Gasteiger partial charge in [-0.05, 0) is 36.2 Å². The predicted octanol–water partition coefficient (Wildman–Crippen LogP) is 1.55. The quantitative estimate of drug-likeness (QED) is 0.634. The van der Waals surface area contributed by atoms with Crippen LogP contribution in [0.1, 0.15) is 17.0 Å². The number of hydrogen-bond acceptors (Lipinski definition) is 5. The molecule has 0 aliphatic carbocycles. The van der Waals surface area contributed by atoms with Gasteiger partial charge in [0.05, 0.1) is 12.2 Å². The molecule has 2 aromatic carbocycles. The molecule has 1 amide bonds. The Labute approximate surface area is 184 Å². The summed E-state index contributed by atoms with van der Waals surface area (Å²) >= 11 is 0. The summed E-state index contributed by atoms with van der Waals surface area (Å²) in [4.78, 5) is 28.9. The SMILES string of the molecule is O=C(CN1CCN(Cc2ccccc2F)CC1)Nc1ccc2c(c1)CCc1n[nH]c(=O)n1-2. The lowest BCUT2D eigenvalue weighted by Crippen LogP contribution is -2.48. The van der Waals surface area contributed by atoms with Crippen LogP contribution in [0.3, 0.4) is 0 Å². The Morgan fingerprint density at radius 3 is 2.66 bits per heavy atom. The molecule has 166 valence electrons. The first-order valence-corrected chi connectivity index (χ1v) is 10.8. The Balaban J connectivity index is 1.15. The highest BCUT2D eigenvalue weighted by molar-refractivity contribution is 5.92. The van der Waals surface area contributed by atoms with Gasteiger partial charge >= 0.3 is 5.69 Å². The Bertz CT molecular complexity index is 1200. The van der Waals surface area contributed by atoms with Gasteiger partial charge in [0.1, 0.15) is 11.6 Å². The van der Waals surface area contributed by atoms with E-state index in [2.05, 4.69) is 25.3 Å². The highest BCUT2D eigenvalue weighted by Crippen LogP contribution is 2.25. The monoisotopic (exact) mass is 436 g/mol. The maximum absolute atomic E-state index is 13.9. The van der Waals surface area contributed by atoms with E-state index >= 15 is 0 Å². The molecule has 1 saturated heterocycles. The number of aromatic amines is 1. The number of nitrogens with one attached hydrogen (secondary N) is 2. The van der Waals surface area contributed by atoms with Crippen LogP contribution in [0.2, 0.25) is 0 Å². The molecule has 2 aliphatic rings. The van der Waals surface area contributed by atoms with Crippen molar-refractivity contribution in [3.63, 3.8) is 0 Å². The van der Waals surface area contributed by atoms with Crippen LogP contribution >= 0.6 is 0 Å². The summed E-state index contributed by atoms with van der Waals surface area (Å²) < 4.78 is 15.5. The van der Waals surface area contributed by atoms with Gasteiger partial charge in [-0.15, -0.1) is 0 Å². The third-order valence-corrected chi connectivity index (χ3v) is 6.15. The zero-order valence-corrected chi connectivity index (χ0v) is 17.7.